The Balaban J connectivity index is 1.51. The minimum atomic E-state index is -0.566. The summed E-state index contributed by atoms with van der Waals surface area (Å²) in [5, 5.41) is 6.76. The minimum absolute atomic E-state index is 0.0567. The lowest BCUT2D eigenvalue weighted by molar-refractivity contribution is -0.122. The molecule has 0 aliphatic carbocycles. The fraction of sp³-hybridized carbons (Fsp3) is 0.333. The van der Waals surface area contributed by atoms with Gasteiger partial charge in [-0.05, 0) is 62.2 Å². The summed E-state index contributed by atoms with van der Waals surface area (Å²) in [5.74, 6) is -1.30. The number of aryl methyl sites for hydroxylation is 1. The molecule has 37 heavy (non-hydrogen) atoms. The van der Waals surface area contributed by atoms with E-state index in [1.165, 1.54) is 12.1 Å². The third kappa shape index (κ3) is 5.22. The first-order chi connectivity index (χ1) is 17.8. The molecular weight excluding hydrogens is 499 g/mol. The number of rotatable bonds is 1. The lowest BCUT2D eigenvalue weighted by Crippen LogP contribution is -2.48. The van der Waals surface area contributed by atoms with Crippen molar-refractivity contribution in [2.75, 3.05) is 19.7 Å². The Hall–Kier alpha value is -3.72. The van der Waals surface area contributed by atoms with Crippen LogP contribution < -0.4 is 15.4 Å². The lowest BCUT2D eigenvalue weighted by Gasteiger charge is -2.31. The molecule has 0 unspecified atom stereocenters. The Bertz CT molecular complexity index is 1400. The van der Waals surface area contributed by atoms with Crippen molar-refractivity contribution in [2.24, 2.45) is 0 Å². The number of fused-ring (bicyclic) bond motifs is 4. The second kappa shape index (κ2) is 10.3. The molecule has 192 valence electrons. The molecule has 2 aromatic carbocycles. The van der Waals surface area contributed by atoms with E-state index in [4.69, 9.17) is 16.3 Å². The molecule has 1 fully saturated rings. The number of carbonyl (C=O) groups excluding carboxylic acids is 3. The topological polar surface area (TPSA) is 101 Å². The molecule has 2 N–H and O–H groups in total. The summed E-state index contributed by atoms with van der Waals surface area (Å²) in [5.41, 5.74) is 1.82. The highest BCUT2D eigenvalue weighted by molar-refractivity contribution is 6.31. The minimum Gasteiger partial charge on any atom is -0.491 e. The van der Waals surface area contributed by atoms with Gasteiger partial charge >= 0.3 is 0 Å². The normalized spacial score (nSPS) is 20.5. The highest BCUT2D eigenvalue weighted by atomic mass is 35.5. The van der Waals surface area contributed by atoms with Gasteiger partial charge in [0.2, 0.25) is 5.91 Å². The zero-order valence-electron chi connectivity index (χ0n) is 20.2. The number of nitrogens with zero attached hydrogens (tertiary/aromatic N) is 2. The summed E-state index contributed by atoms with van der Waals surface area (Å²) < 4.78 is 19.6. The second-order valence-electron chi connectivity index (χ2n) is 9.32. The zero-order valence-corrected chi connectivity index (χ0v) is 21.0. The van der Waals surface area contributed by atoms with E-state index in [1.54, 1.807) is 29.2 Å². The first-order valence-corrected chi connectivity index (χ1v) is 12.5. The number of carbonyl (C=O) groups is 3. The number of benzene rings is 2. The van der Waals surface area contributed by atoms with Crippen molar-refractivity contribution in [2.45, 2.75) is 38.3 Å². The fourth-order valence-electron chi connectivity index (χ4n) is 5.09. The molecule has 3 aromatic rings. The van der Waals surface area contributed by atoms with E-state index in [1.807, 2.05) is 6.92 Å². The van der Waals surface area contributed by atoms with E-state index in [0.29, 0.717) is 40.0 Å². The molecule has 2 atom stereocenters. The molecule has 3 amide bonds. The van der Waals surface area contributed by atoms with Crippen LogP contribution in [0, 0.1) is 12.7 Å². The maximum Gasteiger partial charge on any atom is 0.255 e. The molecule has 0 radical (unpaired) electrons. The van der Waals surface area contributed by atoms with Crippen molar-refractivity contribution in [1.82, 2.24) is 20.5 Å². The van der Waals surface area contributed by atoms with Crippen molar-refractivity contribution in [3.63, 3.8) is 0 Å². The van der Waals surface area contributed by atoms with Crippen molar-refractivity contribution in [3.05, 3.63) is 70.1 Å². The van der Waals surface area contributed by atoms with Gasteiger partial charge in [0.15, 0.2) is 0 Å². The standard InChI is InChI=1S/C27H26ClFN4O4/c1-15-10-21(20-11-16(28)2-6-23(20)32-15)27(36)33-18-4-5-19(33)14-31-26(35)22-12-17(29)3-7-24(22)37-9-8-30-25(34)13-18/h2-3,6-7,10-12,18-19H,4-5,8-9,13-14H2,1H3,(H,30,34)(H,31,35)/t18-,19+/m0/s1. The Kier molecular flexibility index (Phi) is 6.97. The summed E-state index contributed by atoms with van der Waals surface area (Å²) in [7, 11) is 0. The van der Waals surface area contributed by atoms with E-state index in [2.05, 4.69) is 15.6 Å². The van der Waals surface area contributed by atoms with Crippen LogP contribution in [0.3, 0.4) is 0 Å². The highest BCUT2D eigenvalue weighted by Gasteiger charge is 2.39. The van der Waals surface area contributed by atoms with Crippen molar-refractivity contribution in [1.29, 1.82) is 0 Å². The maximum atomic E-state index is 14.1. The van der Waals surface area contributed by atoms with Crippen LogP contribution in [-0.2, 0) is 4.79 Å². The fourth-order valence-corrected chi connectivity index (χ4v) is 5.26. The number of hydrogen-bond donors (Lipinski definition) is 2. The van der Waals surface area contributed by atoms with Crippen LogP contribution in [0.15, 0.2) is 42.5 Å². The Morgan fingerprint density at radius 2 is 1.92 bits per heavy atom. The molecule has 2 bridgehead atoms. The SMILES string of the molecule is Cc1cc(C(=O)N2[C@@H]3CC[C@H]2CC(=O)NCCOc2ccc(F)cc2C(=O)NC3)c2cc(Cl)ccc2n1. The van der Waals surface area contributed by atoms with Crippen LogP contribution in [0.4, 0.5) is 4.39 Å². The second-order valence-corrected chi connectivity index (χ2v) is 9.76. The van der Waals surface area contributed by atoms with Crippen LogP contribution in [-0.4, -0.2) is 59.4 Å². The van der Waals surface area contributed by atoms with Crippen molar-refractivity contribution in [3.8, 4) is 5.75 Å². The predicted molar refractivity (Wildman–Crippen MR) is 136 cm³/mol. The number of nitrogens with one attached hydrogen (secondary N) is 2. The van der Waals surface area contributed by atoms with Gasteiger partial charge in [-0.2, -0.15) is 0 Å². The van der Waals surface area contributed by atoms with Gasteiger partial charge in [0, 0.05) is 41.2 Å². The Labute approximate surface area is 218 Å². The smallest absolute Gasteiger partial charge is 0.255 e. The number of pyridine rings is 1. The maximum absolute atomic E-state index is 14.1. The average Bonchev–Trinajstić information content (AvgIpc) is 3.26. The van der Waals surface area contributed by atoms with Crippen LogP contribution in [0.1, 0.15) is 45.7 Å². The molecule has 5 rings (SSSR count). The number of halogens is 2. The summed E-state index contributed by atoms with van der Waals surface area (Å²) in [6, 6.07) is 9.92. The van der Waals surface area contributed by atoms with E-state index >= 15 is 0 Å². The van der Waals surface area contributed by atoms with Gasteiger partial charge in [-0.3, -0.25) is 19.4 Å². The third-order valence-corrected chi connectivity index (χ3v) is 7.01. The first-order valence-electron chi connectivity index (χ1n) is 12.2. The first kappa shape index (κ1) is 25.0. The molecule has 2 aliphatic rings. The van der Waals surface area contributed by atoms with Gasteiger partial charge in [-0.15, -0.1) is 0 Å². The molecule has 10 heteroatoms. The molecule has 2 aliphatic heterocycles. The molecule has 8 nitrogen and oxygen atoms in total. The Morgan fingerprint density at radius 1 is 1.11 bits per heavy atom. The average molecular weight is 525 g/mol. The van der Waals surface area contributed by atoms with E-state index < -0.39 is 11.7 Å². The molecule has 0 saturated carbocycles. The zero-order chi connectivity index (χ0) is 26.1. The number of ether oxygens (including phenoxy) is 1. The molecule has 1 aromatic heterocycles. The van der Waals surface area contributed by atoms with Crippen LogP contribution >= 0.6 is 11.6 Å². The molecule has 1 saturated heterocycles. The van der Waals surface area contributed by atoms with Gasteiger partial charge in [0.05, 0.1) is 23.2 Å². The van der Waals surface area contributed by atoms with E-state index in [9.17, 15) is 18.8 Å². The summed E-state index contributed by atoms with van der Waals surface area (Å²) in [6.45, 7) is 2.26. The van der Waals surface area contributed by atoms with E-state index in [-0.39, 0.29) is 61.3 Å². The summed E-state index contributed by atoms with van der Waals surface area (Å²) in [6.07, 6.45) is 1.32. The number of amides is 3. The van der Waals surface area contributed by atoms with Crippen molar-refractivity contribution >= 4 is 40.2 Å². The Morgan fingerprint density at radius 3 is 2.76 bits per heavy atom. The van der Waals surface area contributed by atoms with Crippen LogP contribution in [0.2, 0.25) is 5.02 Å². The lowest BCUT2D eigenvalue weighted by atomic mass is 10.0. The van der Waals surface area contributed by atoms with Gasteiger partial charge in [-0.25, -0.2) is 4.39 Å². The third-order valence-electron chi connectivity index (χ3n) is 6.77. The molecular formula is C27H26ClFN4O4. The highest BCUT2D eigenvalue weighted by Crippen LogP contribution is 2.31. The van der Waals surface area contributed by atoms with Gasteiger partial charge in [0.1, 0.15) is 18.2 Å². The largest absolute Gasteiger partial charge is 0.491 e. The summed E-state index contributed by atoms with van der Waals surface area (Å²) >= 11 is 6.24. The number of aromatic nitrogens is 1. The van der Waals surface area contributed by atoms with Gasteiger partial charge < -0.3 is 20.3 Å². The van der Waals surface area contributed by atoms with Gasteiger partial charge in [-0.1, -0.05) is 11.6 Å². The quantitative estimate of drug-likeness (QED) is 0.506. The molecule has 0 spiro atoms. The molecule has 3 heterocycles. The predicted octanol–water partition coefficient (Wildman–Crippen LogP) is 3.64. The number of hydrogen-bond acceptors (Lipinski definition) is 5. The summed E-state index contributed by atoms with van der Waals surface area (Å²) in [4.78, 5) is 46.0. The van der Waals surface area contributed by atoms with Crippen LogP contribution in [0.25, 0.3) is 10.9 Å². The monoisotopic (exact) mass is 524 g/mol. The van der Waals surface area contributed by atoms with E-state index in [0.717, 1.165) is 6.07 Å². The van der Waals surface area contributed by atoms with Gasteiger partial charge in [0.25, 0.3) is 11.8 Å². The van der Waals surface area contributed by atoms with Crippen molar-refractivity contribution < 1.29 is 23.5 Å². The van der Waals surface area contributed by atoms with Crippen LogP contribution in [0.5, 0.6) is 5.75 Å².